The summed E-state index contributed by atoms with van der Waals surface area (Å²) in [7, 11) is 0. The van der Waals surface area contributed by atoms with Gasteiger partial charge in [-0.1, -0.05) is 0 Å². The summed E-state index contributed by atoms with van der Waals surface area (Å²) in [6.07, 6.45) is 2.55. The summed E-state index contributed by atoms with van der Waals surface area (Å²) < 4.78 is 12.8. The Bertz CT molecular complexity index is 636. The predicted molar refractivity (Wildman–Crippen MR) is 94.7 cm³/mol. The largest absolute Gasteiger partial charge is 0.369 e. The van der Waals surface area contributed by atoms with Gasteiger partial charge in [0.25, 0.3) is 5.91 Å². The number of likely N-dealkylation sites (tertiary alicyclic amines) is 1. The van der Waals surface area contributed by atoms with Crippen LogP contribution >= 0.6 is 0 Å². The highest BCUT2D eigenvalue weighted by molar-refractivity contribution is 5.96. The third kappa shape index (κ3) is 6.44. The first kappa shape index (κ1) is 19.8. The number of nitrogens with zero attached hydrogens (tertiary/aromatic N) is 1. The van der Waals surface area contributed by atoms with E-state index in [1.165, 1.54) is 24.3 Å². The molecule has 8 heteroatoms. The number of hydrogen-bond donors (Lipinski definition) is 3. The Kier molecular flexibility index (Phi) is 7.53. The van der Waals surface area contributed by atoms with Gasteiger partial charge in [-0.05, 0) is 56.6 Å². The van der Waals surface area contributed by atoms with E-state index in [-0.39, 0.29) is 24.3 Å². The highest BCUT2D eigenvalue weighted by atomic mass is 19.1. The van der Waals surface area contributed by atoms with Crippen molar-refractivity contribution in [1.82, 2.24) is 15.5 Å². The maximum atomic E-state index is 12.8. The van der Waals surface area contributed by atoms with Crippen molar-refractivity contribution in [1.29, 1.82) is 0 Å². The van der Waals surface area contributed by atoms with Gasteiger partial charge < -0.3 is 21.3 Å². The van der Waals surface area contributed by atoms with Crippen LogP contribution in [0.25, 0.3) is 0 Å². The molecule has 1 aliphatic heterocycles. The number of benzene rings is 1. The highest BCUT2D eigenvalue weighted by Crippen LogP contribution is 2.15. The third-order valence-electron chi connectivity index (χ3n) is 4.40. The van der Waals surface area contributed by atoms with E-state index in [0.717, 1.165) is 32.4 Å². The number of nitrogens with one attached hydrogen (secondary N) is 2. The minimum Gasteiger partial charge on any atom is -0.369 e. The van der Waals surface area contributed by atoms with Gasteiger partial charge >= 0.3 is 0 Å². The van der Waals surface area contributed by atoms with Gasteiger partial charge in [-0.2, -0.15) is 0 Å². The van der Waals surface area contributed by atoms with Gasteiger partial charge in [-0.25, -0.2) is 4.39 Å². The molecule has 1 heterocycles. The minimum atomic E-state index is -0.425. The number of primary amides is 1. The summed E-state index contributed by atoms with van der Waals surface area (Å²) in [4.78, 5) is 37.0. The molecule has 26 heavy (non-hydrogen) atoms. The molecular formula is C18H25FN4O3. The number of hydrogen-bond acceptors (Lipinski definition) is 4. The summed E-state index contributed by atoms with van der Waals surface area (Å²) in [5, 5.41) is 5.23. The van der Waals surface area contributed by atoms with Crippen LogP contribution < -0.4 is 16.4 Å². The van der Waals surface area contributed by atoms with Crippen molar-refractivity contribution >= 4 is 17.7 Å². The van der Waals surface area contributed by atoms with Crippen LogP contribution in [0.3, 0.4) is 0 Å². The summed E-state index contributed by atoms with van der Waals surface area (Å²) in [6.45, 7) is 2.75. The van der Waals surface area contributed by atoms with Crippen molar-refractivity contribution in [2.45, 2.75) is 19.3 Å². The van der Waals surface area contributed by atoms with Gasteiger partial charge in [0, 0.05) is 18.7 Å². The number of halogens is 1. The lowest BCUT2D eigenvalue weighted by molar-refractivity contribution is -0.123. The second kappa shape index (κ2) is 9.86. The molecule has 4 N–H and O–H groups in total. The molecule has 1 saturated heterocycles. The van der Waals surface area contributed by atoms with Crippen LogP contribution in [0.1, 0.15) is 29.6 Å². The van der Waals surface area contributed by atoms with E-state index in [1.54, 1.807) is 0 Å². The average molecular weight is 364 g/mol. The Morgan fingerprint density at radius 3 is 2.62 bits per heavy atom. The summed E-state index contributed by atoms with van der Waals surface area (Å²) in [5.74, 6) is -1.46. The van der Waals surface area contributed by atoms with E-state index in [0.29, 0.717) is 18.7 Å². The zero-order chi connectivity index (χ0) is 18.9. The second-order valence-corrected chi connectivity index (χ2v) is 6.44. The maximum Gasteiger partial charge on any atom is 0.251 e. The molecule has 1 aromatic rings. The minimum absolute atomic E-state index is 0.0833. The Hall–Kier alpha value is -2.48. The van der Waals surface area contributed by atoms with Crippen LogP contribution in [-0.2, 0) is 9.59 Å². The number of carbonyl (C=O) groups is 3. The van der Waals surface area contributed by atoms with Gasteiger partial charge in [0.15, 0.2) is 0 Å². The topological polar surface area (TPSA) is 105 Å². The normalized spacial score (nSPS) is 17.5. The fourth-order valence-electron chi connectivity index (χ4n) is 2.95. The van der Waals surface area contributed by atoms with Crippen molar-refractivity contribution in [2.75, 3.05) is 32.7 Å². The van der Waals surface area contributed by atoms with Crippen molar-refractivity contribution in [3.05, 3.63) is 35.6 Å². The van der Waals surface area contributed by atoms with E-state index < -0.39 is 11.7 Å². The highest BCUT2D eigenvalue weighted by Gasteiger charge is 2.23. The molecule has 2 rings (SSSR count). The molecular weight excluding hydrogens is 339 g/mol. The van der Waals surface area contributed by atoms with Crippen LogP contribution in [0.5, 0.6) is 0 Å². The molecule has 1 aliphatic rings. The average Bonchev–Trinajstić information content (AvgIpc) is 2.64. The van der Waals surface area contributed by atoms with E-state index in [2.05, 4.69) is 15.5 Å². The Labute approximate surface area is 152 Å². The monoisotopic (exact) mass is 364 g/mol. The molecule has 3 amide bonds. The number of amides is 3. The first-order valence-corrected chi connectivity index (χ1v) is 8.78. The third-order valence-corrected chi connectivity index (χ3v) is 4.40. The van der Waals surface area contributed by atoms with Crippen molar-refractivity contribution < 1.29 is 18.8 Å². The lowest BCUT2D eigenvalue weighted by atomic mass is 9.97. The molecule has 0 aromatic heterocycles. The molecule has 0 radical (unpaired) electrons. The van der Waals surface area contributed by atoms with Crippen LogP contribution in [0, 0.1) is 11.7 Å². The van der Waals surface area contributed by atoms with Gasteiger partial charge in [0.2, 0.25) is 11.8 Å². The van der Waals surface area contributed by atoms with Crippen molar-refractivity contribution in [3.8, 4) is 0 Å². The van der Waals surface area contributed by atoms with Gasteiger partial charge in [0.05, 0.1) is 12.5 Å². The molecule has 0 spiro atoms. The second-order valence-electron chi connectivity index (χ2n) is 6.44. The number of piperidine rings is 1. The molecule has 1 unspecified atom stereocenters. The maximum absolute atomic E-state index is 12.8. The van der Waals surface area contributed by atoms with Crippen LogP contribution in [0.15, 0.2) is 24.3 Å². The summed E-state index contributed by atoms with van der Waals surface area (Å²) in [6, 6.07) is 5.11. The fraction of sp³-hybridized carbons (Fsp3) is 0.500. The van der Waals surface area contributed by atoms with E-state index in [4.69, 9.17) is 5.73 Å². The Morgan fingerprint density at radius 2 is 1.92 bits per heavy atom. The molecule has 1 aromatic carbocycles. The zero-order valence-corrected chi connectivity index (χ0v) is 14.7. The molecule has 1 fully saturated rings. The quantitative estimate of drug-likeness (QED) is 0.576. The number of carbonyl (C=O) groups excluding carboxylic acids is 3. The zero-order valence-electron chi connectivity index (χ0n) is 14.7. The first-order valence-electron chi connectivity index (χ1n) is 8.78. The predicted octanol–water partition coefficient (Wildman–Crippen LogP) is 0.259. The summed E-state index contributed by atoms with van der Waals surface area (Å²) in [5.41, 5.74) is 5.65. The molecule has 1 atom stereocenters. The van der Waals surface area contributed by atoms with Gasteiger partial charge in [-0.15, -0.1) is 0 Å². The molecule has 0 bridgehead atoms. The van der Waals surface area contributed by atoms with Gasteiger partial charge in [-0.3, -0.25) is 14.4 Å². The molecule has 142 valence electrons. The van der Waals surface area contributed by atoms with E-state index in [1.807, 2.05) is 0 Å². The lowest BCUT2D eigenvalue weighted by Gasteiger charge is -2.31. The SMILES string of the molecule is NC(=O)C1CCCN(CCCNC(=O)CNC(=O)c2ccc(F)cc2)C1. The van der Waals surface area contributed by atoms with Crippen LogP contribution in [0.2, 0.25) is 0 Å². The number of nitrogens with two attached hydrogens (primary N) is 1. The lowest BCUT2D eigenvalue weighted by Crippen LogP contribution is -2.42. The molecule has 0 aliphatic carbocycles. The number of rotatable bonds is 8. The van der Waals surface area contributed by atoms with Crippen LogP contribution in [0.4, 0.5) is 4.39 Å². The Balaban J connectivity index is 1.59. The van der Waals surface area contributed by atoms with Crippen molar-refractivity contribution in [2.24, 2.45) is 11.7 Å². The van der Waals surface area contributed by atoms with E-state index >= 15 is 0 Å². The first-order chi connectivity index (χ1) is 12.5. The smallest absolute Gasteiger partial charge is 0.251 e. The standard InChI is InChI=1S/C18H25FN4O3/c19-15-6-4-13(5-7-15)18(26)22-11-16(24)21-8-2-10-23-9-1-3-14(12-23)17(20)25/h4-7,14H,1-3,8-12H2,(H2,20,25)(H,21,24)(H,22,26). The van der Waals surface area contributed by atoms with Gasteiger partial charge in [0.1, 0.15) is 5.82 Å². The van der Waals surface area contributed by atoms with Crippen LogP contribution in [-0.4, -0.2) is 55.3 Å². The van der Waals surface area contributed by atoms with E-state index in [9.17, 15) is 18.8 Å². The fourth-order valence-corrected chi connectivity index (χ4v) is 2.95. The molecule has 7 nitrogen and oxygen atoms in total. The van der Waals surface area contributed by atoms with Crippen molar-refractivity contribution in [3.63, 3.8) is 0 Å². The molecule has 0 saturated carbocycles. The Morgan fingerprint density at radius 1 is 1.19 bits per heavy atom. The summed E-state index contributed by atoms with van der Waals surface area (Å²) >= 11 is 0.